The summed E-state index contributed by atoms with van der Waals surface area (Å²) in [4.78, 5) is 0. The maximum atomic E-state index is 9.11. The van der Waals surface area contributed by atoms with E-state index in [9.17, 15) is 0 Å². The maximum Gasteiger partial charge on any atom is 0.159 e. The number of rotatable bonds is 3. The van der Waals surface area contributed by atoms with E-state index in [1.54, 1.807) is 18.2 Å². The second-order valence-corrected chi connectivity index (χ2v) is 4.30. The molecule has 14 heavy (non-hydrogen) atoms. The van der Waals surface area contributed by atoms with Gasteiger partial charge in [-0.15, -0.1) is 0 Å². The van der Waals surface area contributed by atoms with E-state index in [-0.39, 0.29) is 6.42 Å². The Bertz CT molecular complexity index is 318. The highest BCUT2D eigenvalue weighted by Gasteiger charge is 2.15. The molecule has 1 aromatic rings. The highest BCUT2D eigenvalue weighted by atomic mass is 35.5. The average molecular weight is 235 g/mol. The minimum absolute atomic E-state index is 0.244. The fraction of sp³-hybridized carbons (Fsp3) is 0.400. The normalized spacial score (nSPS) is 11.8. The van der Waals surface area contributed by atoms with E-state index in [4.69, 9.17) is 33.4 Å². The van der Waals surface area contributed by atoms with Crippen molar-refractivity contribution in [3.05, 3.63) is 33.8 Å². The zero-order valence-corrected chi connectivity index (χ0v) is 9.31. The molecule has 1 aromatic carbocycles. The molecule has 2 nitrogen and oxygen atoms in total. The molecular formula is C10H12Cl2O2. The zero-order valence-electron chi connectivity index (χ0n) is 7.80. The molecule has 0 aliphatic heterocycles. The highest BCUT2D eigenvalue weighted by molar-refractivity contribution is 6.35. The second kappa shape index (κ2) is 4.49. The molecule has 0 unspecified atom stereocenters. The third kappa shape index (κ3) is 3.84. The SMILES string of the molecule is CC(O)(O)CCc1ccc(Cl)cc1Cl. The van der Waals surface area contributed by atoms with E-state index in [0.29, 0.717) is 16.5 Å². The molecule has 4 heteroatoms. The summed E-state index contributed by atoms with van der Waals surface area (Å²) < 4.78 is 0. The first-order valence-corrected chi connectivity index (χ1v) is 5.03. The minimum atomic E-state index is -1.65. The summed E-state index contributed by atoms with van der Waals surface area (Å²) in [5.41, 5.74) is 0.866. The van der Waals surface area contributed by atoms with Gasteiger partial charge in [0, 0.05) is 16.5 Å². The third-order valence-electron chi connectivity index (χ3n) is 1.88. The largest absolute Gasteiger partial charge is 0.366 e. The molecule has 0 bridgehead atoms. The molecule has 0 aliphatic carbocycles. The topological polar surface area (TPSA) is 40.5 Å². The summed E-state index contributed by atoms with van der Waals surface area (Å²) in [6, 6.07) is 5.16. The molecule has 0 amide bonds. The van der Waals surface area contributed by atoms with Crippen LogP contribution in [0.1, 0.15) is 18.9 Å². The lowest BCUT2D eigenvalue weighted by molar-refractivity contribution is -0.148. The van der Waals surface area contributed by atoms with E-state index in [1.807, 2.05) is 0 Å². The van der Waals surface area contributed by atoms with Crippen LogP contribution in [0.15, 0.2) is 18.2 Å². The van der Waals surface area contributed by atoms with Crippen molar-refractivity contribution in [1.29, 1.82) is 0 Å². The van der Waals surface area contributed by atoms with Crippen LogP contribution >= 0.6 is 23.2 Å². The van der Waals surface area contributed by atoms with Crippen molar-refractivity contribution < 1.29 is 10.2 Å². The summed E-state index contributed by atoms with van der Waals surface area (Å²) >= 11 is 11.6. The van der Waals surface area contributed by atoms with E-state index in [2.05, 4.69) is 0 Å². The summed E-state index contributed by atoms with van der Waals surface area (Å²) in [6.45, 7) is 1.34. The van der Waals surface area contributed by atoms with Crippen LogP contribution in [0.4, 0.5) is 0 Å². The number of aryl methyl sites for hydroxylation is 1. The van der Waals surface area contributed by atoms with Gasteiger partial charge in [-0.2, -0.15) is 0 Å². The zero-order chi connectivity index (χ0) is 10.8. The number of hydrogen-bond acceptors (Lipinski definition) is 2. The monoisotopic (exact) mass is 234 g/mol. The molecule has 0 saturated heterocycles. The Morgan fingerprint density at radius 2 is 1.93 bits per heavy atom. The second-order valence-electron chi connectivity index (χ2n) is 3.45. The number of halogens is 2. The van der Waals surface area contributed by atoms with Gasteiger partial charge in [-0.25, -0.2) is 0 Å². The van der Waals surface area contributed by atoms with Gasteiger partial charge in [0.05, 0.1) is 0 Å². The van der Waals surface area contributed by atoms with Crippen LogP contribution in [0.3, 0.4) is 0 Å². The van der Waals surface area contributed by atoms with Crippen molar-refractivity contribution in [1.82, 2.24) is 0 Å². The molecule has 0 aromatic heterocycles. The number of benzene rings is 1. The minimum Gasteiger partial charge on any atom is -0.366 e. The van der Waals surface area contributed by atoms with Gasteiger partial charge in [-0.1, -0.05) is 29.3 Å². The first kappa shape index (κ1) is 11.8. The Hall–Kier alpha value is -0.280. The van der Waals surface area contributed by atoms with E-state index >= 15 is 0 Å². The quantitative estimate of drug-likeness (QED) is 0.790. The summed E-state index contributed by atoms with van der Waals surface area (Å²) in [5, 5.41) is 19.4. The lowest BCUT2D eigenvalue weighted by Gasteiger charge is -2.15. The van der Waals surface area contributed by atoms with Crippen LogP contribution in [-0.2, 0) is 6.42 Å². The molecule has 78 valence electrons. The molecular weight excluding hydrogens is 223 g/mol. The van der Waals surface area contributed by atoms with Crippen molar-refractivity contribution in [3.63, 3.8) is 0 Å². The van der Waals surface area contributed by atoms with Gasteiger partial charge in [-0.3, -0.25) is 0 Å². The summed E-state index contributed by atoms with van der Waals surface area (Å²) in [6.07, 6.45) is 0.758. The first-order valence-electron chi connectivity index (χ1n) is 4.27. The van der Waals surface area contributed by atoms with E-state index in [1.165, 1.54) is 6.92 Å². The number of aliphatic hydroxyl groups is 2. The van der Waals surface area contributed by atoms with Crippen molar-refractivity contribution in [2.75, 3.05) is 0 Å². The molecule has 0 fully saturated rings. The predicted octanol–water partition coefficient (Wildman–Crippen LogP) is 2.63. The first-order chi connectivity index (χ1) is 6.38. The number of hydrogen-bond donors (Lipinski definition) is 2. The summed E-state index contributed by atoms with van der Waals surface area (Å²) in [7, 11) is 0. The van der Waals surface area contributed by atoms with Gasteiger partial charge in [0.1, 0.15) is 0 Å². The molecule has 0 atom stereocenters. The van der Waals surface area contributed by atoms with Gasteiger partial charge >= 0.3 is 0 Å². The van der Waals surface area contributed by atoms with E-state index < -0.39 is 5.79 Å². The highest BCUT2D eigenvalue weighted by Crippen LogP contribution is 2.23. The standard InChI is InChI=1S/C10H12Cl2O2/c1-10(13,14)5-4-7-2-3-8(11)6-9(7)12/h2-3,6,13-14H,4-5H2,1H3. The predicted molar refractivity (Wildman–Crippen MR) is 57.6 cm³/mol. The van der Waals surface area contributed by atoms with Crippen molar-refractivity contribution in [2.45, 2.75) is 25.6 Å². The van der Waals surface area contributed by atoms with Crippen LogP contribution < -0.4 is 0 Å². The van der Waals surface area contributed by atoms with Gasteiger partial charge in [0.25, 0.3) is 0 Å². The van der Waals surface area contributed by atoms with Crippen molar-refractivity contribution >= 4 is 23.2 Å². The molecule has 1 rings (SSSR count). The van der Waals surface area contributed by atoms with Crippen molar-refractivity contribution in [3.8, 4) is 0 Å². The Morgan fingerprint density at radius 1 is 1.29 bits per heavy atom. The van der Waals surface area contributed by atoms with Crippen LogP contribution in [0.5, 0.6) is 0 Å². The Balaban J connectivity index is 2.68. The van der Waals surface area contributed by atoms with Gasteiger partial charge in [0.2, 0.25) is 0 Å². The molecule has 0 heterocycles. The van der Waals surface area contributed by atoms with Gasteiger partial charge < -0.3 is 10.2 Å². The van der Waals surface area contributed by atoms with Gasteiger partial charge in [-0.05, 0) is 31.0 Å². The maximum absolute atomic E-state index is 9.11. The van der Waals surface area contributed by atoms with Crippen LogP contribution in [0, 0.1) is 0 Å². The Morgan fingerprint density at radius 3 is 2.43 bits per heavy atom. The molecule has 0 spiro atoms. The molecule has 0 radical (unpaired) electrons. The lowest BCUT2D eigenvalue weighted by Crippen LogP contribution is -2.23. The molecule has 0 aliphatic rings. The third-order valence-corrected chi connectivity index (χ3v) is 2.47. The van der Waals surface area contributed by atoms with E-state index in [0.717, 1.165) is 5.56 Å². The summed E-state index contributed by atoms with van der Waals surface area (Å²) in [5.74, 6) is -1.65. The van der Waals surface area contributed by atoms with Crippen LogP contribution in [0.2, 0.25) is 10.0 Å². The fourth-order valence-electron chi connectivity index (χ4n) is 1.10. The smallest absolute Gasteiger partial charge is 0.159 e. The Kier molecular flexibility index (Phi) is 3.78. The average Bonchev–Trinajstić information content (AvgIpc) is 2.00. The lowest BCUT2D eigenvalue weighted by atomic mass is 10.1. The van der Waals surface area contributed by atoms with Crippen molar-refractivity contribution in [2.24, 2.45) is 0 Å². The van der Waals surface area contributed by atoms with Gasteiger partial charge in [0.15, 0.2) is 5.79 Å². The van der Waals surface area contributed by atoms with Crippen LogP contribution in [0.25, 0.3) is 0 Å². The van der Waals surface area contributed by atoms with Crippen LogP contribution in [-0.4, -0.2) is 16.0 Å². The molecule has 0 saturated carbocycles. The fourth-order valence-corrected chi connectivity index (χ4v) is 1.60. The Labute approximate surface area is 93.1 Å². The molecule has 2 N–H and O–H groups in total.